The molecule has 168 valence electrons. The molecule has 33 heavy (non-hydrogen) atoms. The molecular formula is C26H23NO6. The lowest BCUT2D eigenvalue weighted by atomic mass is 9.94. The van der Waals surface area contributed by atoms with E-state index in [1.807, 2.05) is 6.92 Å². The molecule has 1 amide bonds. The summed E-state index contributed by atoms with van der Waals surface area (Å²) < 4.78 is 5.37. The van der Waals surface area contributed by atoms with Crippen LogP contribution in [0.4, 0.5) is 5.69 Å². The maximum Gasteiger partial charge on any atom is 0.300 e. The Morgan fingerprint density at radius 3 is 2.21 bits per heavy atom. The van der Waals surface area contributed by atoms with Crippen LogP contribution in [-0.2, 0) is 9.59 Å². The summed E-state index contributed by atoms with van der Waals surface area (Å²) in [5.74, 6) is -2.00. The lowest BCUT2D eigenvalue weighted by molar-refractivity contribution is -0.132. The van der Waals surface area contributed by atoms with Crippen LogP contribution in [0.5, 0.6) is 17.2 Å². The van der Waals surface area contributed by atoms with Crippen molar-refractivity contribution in [1.29, 1.82) is 0 Å². The topological polar surface area (TPSA) is 107 Å². The van der Waals surface area contributed by atoms with Gasteiger partial charge >= 0.3 is 0 Å². The smallest absolute Gasteiger partial charge is 0.300 e. The Morgan fingerprint density at radius 2 is 1.55 bits per heavy atom. The fraction of sp³-hybridized carbons (Fsp3) is 0.154. The molecule has 1 aliphatic heterocycles. The number of ether oxygens (including phenoxy) is 1. The van der Waals surface area contributed by atoms with Crippen LogP contribution in [0.25, 0.3) is 5.76 Å². The van der Waals surface area contributed by atoms with Crippen LogP contribution in [0.15, 0.2) is 66.2 Å². The Hall–Kier alpha value is -4.26. The number of phenols is 2. The molecule has 3 aromatic carbocycles. The SMILES string of the molecule is COc1ccc(C)cc1/C(O)=C1\C(=O)C(=O)N(c2cc(C)ccc2O)C1c1ccc(O)cc1. The number of ketones is 1. The number of aromatic hydroxyl groups is 2. The molecule has 3 N–H and O–H groups in total. The van der Waals surface area contributed by atoms with E-state index >= 15 is 0 Å². The van der Waals surface area contributed by atoms with Gasteiger partial charge in [-0.2, -0.15) is 0 Å². The number of rotatable bonds is 4. The van der Waals surface area contributed by atoms with Gasteiger partial charge in [0.15, 0.2) is 0 Å². The summed E-state index contributed by atoms with van der Waals surface area (Å²) in [5, 5.41) is 31.6. The third-order valence-corrected chi connectivity index (χ3v) is 5.65. The third kappa shape index (κ3) is 3.78. The maximum atomic E-state index is 13.3. The van der Waals surface area contributed by atoms with Crippen molar-refractivity contribution in [2.45, 2.75) is 19.9 Å². The Bertz CT molecular complexity index is 1290. The number of carbonyl (C=O) groups is 2. The lowest BCUT2D eigenvalue weighted by Crippen LogP contribution is -2.29. The third-order valence-electron chi connectivity index (χ3n) is 5.65. The number of hydrogen-bond donors (Lipinski definition) is 3. The first-order chi connectivity index (χ1) is 15.7. The average Bonchev–Trinajstić information content (AvgIpc) is 3.06. The van der Waals surface area contributed by atoms with Gasteiger partial charge in [0.25, 0.3) is 11.7 Å². The van der Waals surface area contributed by atoms with Crippen LogP contribution in [-0.4, -0.2) is 34.1 Å². The van der Waals surface area contributed by atoms with Gasteiger partial charge in [-0.05, 0) is 61.4 Å². The number of aliphatic hydroxyl groups excluding tert-OH is 1. The molecule has 3 aromatic rings. The van der Waals surface area contributed by atoms with Gasteiger partial charge in [0, 0.05) is 0 Å². The van der Waals surface area contributed by atoms with Crippen LogP contribution >= 0.6 is 0 Å². The molecule has 0 radical (unpaired) electrons. The second kappa shape index (κ2) is 8.35. The van der Waals surface area contributed by atoms with Gasteiger partial charge in [-0.3, -0.25) is 14.5 Å². The molecular weight excluding hydrogens is 422 g/mol. The highest BCUT2D eigenvalue weighted by atomic mass is 16.5. The fourth-order valence-corrected chi connectivity index (χ4v) is 4.03. The van der Waals surface area contributed by atoms with Crippen molar-refractivity contribution >= 4 is 23.1 Å². The maximum absolute atomic E-state index is 13.3. The largest absolute Gasteiger partial charge is 0.508 e. The first-order valence-corrected chi connectivity index (χ1v) is 10.3. The highest BCUT2D eigenvalue weighted by molar-refractivity contribution is 6.52. The van der Waals surface area contributed by atoms with E-state index in [0.717, 1.165) is 11.1 Å². The van der Waals surface area contributed by atoms with E-state index in [1.165, 1.54) is 30.2 Å². The van der Waals surface area contributed by atoms with E-state index in [0.29, 0.717) is 11.3 Å². The number of aliphatic hydroxyl groups is 1. The van der Waals surface area contributed by atoms with Gasteiger partial charge in [-0.15, -0.1) is 0 Å². The summed E-state index contributed by atoms with van der Waals surface area (Å²) >= 11 is 0. The van der Waals surface area contributed by atoms with Gasteiger partial charge in [-0.1, -0.05) is 29.8 Å². The molecule has 0 saturated carbocycles. The van der Waals surface area contributed by atoms with E-state index < -0.39 is 17.7 Å². The second-order valence-corrected chi connectivity index (χ2v) is 7.96. The Balaban J connectivity index is 2.02. The molecule has 0 bridgehead atoms. The van der Waals surface area contributed by atoms with Gasteiger partial charge in [-0.25, -0.2) is 0 Å². The van der Waals surface area contributed by atoms with Crippen molar-refractivity contribution in [3.05, 3.63) is 88.5 Å². The Morgan fingerprint density at radius 1 is 0.909 bits per heavy atom. The summed E-state index contributed by atoms with van der Waals surface area (Å²) in [7, 11) is 1.45. The van der Waals surface area contributed by atoms with E-state index in [4.69, 9.17) is 4.74 Å². The summed E-state index contributed by atoms with van der Waals surface area (Å²) in [6, 6.07) is 14.8. The number of nitrogens with zero attached hydrogens (tertiary/aromatic N) is 1. The van der Waals surface area contributed by atoms with Gasteiger partial charge in [0.1, 0.15) is 23.0 Å². The zero-order chi connectivity index (χ0) is 23.9. The molecule has 1 saturated heterocycles. The monoisotopic (exact) mass is 445 g/mol. The number of anilines is 1. The number of benzene rings is 3. The van der Waals surface area contributed by atoms with Crippen LogP contribution < -0.4 is 9.64 Å². The number of phenolic OH excluding ortho intramolecular Hbond substituents is 2. The molecule has 0 spiro atoms. The quantitative estimate of drug-likeness (QED) is 0.313. The predicted octanol–water partition coefficient (Wildman–Crippen LogP) is 4.35. The summed E-state index contributed by atoms with van der Waals surface area (Å²) in [4.78, 5) is 27.7. The lowest BCUT2D eigenvalue weighted by Gasteiger charge is -2.26. The zero-order valence-corrected chi connectivity index (χ0v) is 18.4. The predicted molar refractivity (Wildman–Crippen MR) is 123 cm³/mol. The Labute approximate surface area is 190 Å². The molecule has 0 aromatic heterocycles. The molecule has 7 heteroatoms. The summed E-state index contributed by atoms with van der Waals surface area (Å²) in [6.45, 7) is 3.63. The van der Waals surface area contributed by atoms with Crippen LogP contribution in [0.1, 0.15) is 28.3 Å². The number of amides is 1. The molecule has 7 nitrogen and oxygen atoms in total. The van der Waals surface area contributed by atoms with Crippen molar-refractivity contribution in [2.24, 2.45) is 0 Å². The standard InChI is InChI=1S/C26H23NO6/c1-14-5-11-21(33-3)18(12-14)24(30)22-23(16-6-8-17(28)9-7-16)27(26(32)25(22)31)19-13-15(2)4-10-20(19)29/h4-13,23,28-30H,1-3H3/b24-22+. The van der Waals surface area contributed by atoms with E-state index in [2.05, 4.69) is 0 Å². The zero-order valence-electron chi connectivity index (χ0n) is 18.4. The van der Waals surface area contributed by atoms with Crippen molar-refractivity contribution in [3.8, 4) is 17.2 Å². The highest BCUT2D eigenvalue weighted by Gasteiger charge is 2.48. The molecule has 1 unspecified atom stereocenters. The fourth-order valence-electron chi connectivity index (χ4n) is 4.03. The minimum Gasteiger partial charge on any atom is -0.508 e. The van der Waals surface area contributed by atoms with E-state index in [-0.39, 0.29) is 34.1 Å². The molecule has 0 aliphatic carbocycles. The number of hydrogen-bond acceptors (Lipinski definition) is 6. The minimum absolute atomic E-state index is 0.00876. The number of Topliss-reactive ketones (excluding diaryl/α,β-unsaturated/α-hetero) is 1. The average molecular weight is 445 g/mol. The molecule has 4 rings (SSSR count). The van der Waals surface area contributed by atoms with Crippen molar-refractivity contribution in [3.63, 3.8) is 0 Å². The summed E-state index contributed by atoms with van der Waals surface area (Å²) in [5.41, 5.74) is 2.34. The normalized spacial score (nSPS) is 17.4. The Kier molecular flexibility index (Phi) is 5.55. The molecule has 1 atom stereocenters. The van der Waals surface area contributed by atoms with Crippen LogP contribution in [0.3, 0.4) is 0 Å². The number of methoxy groups -OCH3 is 1. The van der Waals surface area contributed by atoms with Gasteiger partial charge < -0.3 is 20.1 Å². The summed E-state index contributed by atoms with van der Waals surface area (Å²) in [6.07, 6.45) is 0. The molecule has 1 heterocycles. The van der Waals surface area contributed by atoms with Gasteiger partial charge in [0.05, 0.1) is 30.0 Å². The number of aryl methyl sites for hydroxylation is 2. The van der Waals surface area contributed by atoms with E-state index in [1.54, 1.807) is 49.4 Å². The van der Waals surface area contributed by atoms with Crippen LogP contribution in [0.2, 0.25) is 0 Å². The minimum atomic E-state index is -1.04. The van der Waals surface area contributed by atoms with Crippen molar-refractivity contribution in [2.75, 3.05) is 12.0 Å². The first-order valence-electron chi connectivity index (χ1n) is 10.3. The van der Waals surface area contributed by atoms with Gasteiger partial charge in [0.2, 0.25) is 0 Å². The molecule has 1 fully saturated rings. The first kappa shape index (κ1) is 22.0. The second-order valence-electron chi connectivity index (χ2n) is 7.96. The highest BCUT2D eigenvalue weighted by Crippen LogP contribution is 2.46. The molecule has 1 aliphatic rings. The van der Waals surface area contributed by atoms with Crippen molar-refractivity contribution in [1.82, 2.24) is 0 Å². The number of carbonyl (C=O) groups excluding carboxylic acids is 2. The van der Waals surface area contributed by atoms with E-state index in [9.17, 15) is 24.9 Å². The van der Waals surface area contributed by atoms with Crippen molar-refractivity contribution < 1.29 is 29.6 Å². The van der Waals surface area contributed by atoms with Crippen LogP contribution in [0, 0.1) is 13.8 Å².